The van der Waals surface area contributed by atoms with Crippen molar-refractivity contribution in [1.29, 1.82) is 0 Å². The van der Waals surface area contributed by atoms with E-state index in [1.165, 1.54) is 0 Å². The number of hydrogen-bond acceptors (Lipinski definition) is 3. The largest absolute Gasteiger partial charge is 0.292 e. The summed E-state index contributed by atoms with van der Waals surface area (Å²) in [6.07, 6.45) is 0. The highest BCUT2D eigenvalue weighted by Gasteiger charge is 2.18. The van der Waals surface area contributed by atoms with Crippen LogP contribution in [-0.2, 0) is 6.54 Å². The second-order valence-electron chi connectivity index (χ2n) is 6.20. The predicted molar refractivity (Wildman–Crippen MR) is 114 cm³/mol. The van der Waals surface area contributed by atoms with Gasteiger partial charge in [-0.15, -0.1) is 0 Å². The molecule has 0 bridgehead atoms. The Bertz CT molecular complexity index is 1180. The number of hydrogen-bond donors (Lipinski definition) is 0. The third-order valence-electron chi connectivity index (χ3n) is 4.36. The van der Waals surface area contributed by atoms with Crippen LogP contribution in [0.2, 0.25) is 5.02 Å². The SMILES string of the molecule is O=C(Cn1nc(-c2ccccc2Cl)n(-c2ccccc2)c1=S)c1ccccc1. The predicted octanol–water partition coefficient (Wildman–Crippen LogP) is 5.61. The molecule has 3 aromatic carbocycles. The third-order valence-corrected chi connectivity index (χ3v) is 5.08. The van der Waals surface area contributed by atoms with Crippen molar-refractivity contribution in [3.05, 3.63) is 100 Å². The molecule has 0 aliphatic rings. The Kier molecular flexibility index (Phi) is 5.19. The number of carbonyl (C=O) groups excluding carboxylic acids is 1. The topological polar surface area (TPSA) is 39.8 Å². The van der Waals surface area contributed by atoms with Gasteiger partial charge in [0.25, 0.3) is 0 Å². The van der Waals surface area contributed by atoms with E-state index in [-0.39, 0.29) is 12.3 Å². The van der Waals surface area contributed by atoms with Crippen LogP contribution < -0.4 is 0 Å². The zero-order valence-electron chi connectivity index (χ0n) is 14.8. The maximum atomic E-state index is 12.7. The number of Topliss-reactive ketones (excluding diaryl/α,β-unsaturated/α-hetero) is 1. The maximum Gasteiger partial charge on any atom is 0.203 e. The molecule has 1 heterocycles. The first-order valence-electron chi connectivity index (χ1n) is 8.73. The van der Waals surface area contributed by atoms with Crippen molar-refractivity contribution in [3.8, 4) is 17.1 Å². The minimum absolute atomic E-state index is 0.0554. The van der Waals surface area contributed by atoms with Gasteiger partial charge in [0.2, 0.25) is 4.77 Å². The molecule has 138 valence electrons. The average Bonchev–Trinajstić information content (AvgIpc) is 3.05. The third kappa shape index (κ3) is 3.54. The number of ketones is 1. The van der Waals surface area contributed by atoms with Gasteiger partial charge in [-0.2, -0.15) is 5.10 Å². The molecule has 0 radical (unpaired) electrons. The molecule has 4 nitrogen and oxygen atoms in total. The Hall–Kier alpha value is -3.02. The number of para-hydroxylation sites is 1. The van der Waals surface area contributed by atoms with E-state index in [1.54, 1.807) is 16.8 Å². The first-order valence-corrected chi connectivity index (χ1v) is 9.52. The van der Waals surface area contributed by atoms with Crippen LogP contribution in [0.25, 0.3) is 17.1 Å². The lowest BCUT2D eigenvalue weighted by Gasteiger charge is -2.07. The van der Waals surface area contributed by atoms with Gasteiger partial charge in [0.15, 0.2) is 11.6 Å². The molecule has 0 spiro atoms. The molecule has 28 heavy (non-hydrogen) atoms. The molecule has 6 heteroatoms. The molecule has 0 saturated heterocycles. The molecule has 0 unspecified atom stereocenters. The van der Waals surface area contributed by atoms with Gasteiger partial charge in [-0.1, -0.05) is 72.3 Å². The zero-order chi connectivity index (χ0) is 19.5. The van der Waals surface area contributed by atoms with Crippen molar-refractivity contribution in [1.82, 2.24) is 14.3 Å². The Labute approximate surface area is 172 Å². The lowest BCUT2D eigenvalue weighted by Crippen LogP contribution is -2.12. The van der Waals surface area contributed by atoms with Gasteiger partial charge in [-0.3, -0.25) is 9.36 Å². The summed E-state index contributed by atoms with van der Waals surface area (Å²) in [4.78, 5) is 12.7. The summed E-state index contributed by atoms with van der Waals surface area (Å²) in [6, 6.07) is 26.3. The van der Waals surface area contributed by atoms with Crippen molar-refractivity contribution < 1.29 is 4.79 Å². The van der Waals surface area contributed by atoms with Crippen LogP contribution in [0, 0.1) is 4.77 Å². The summed E-state index contributed by atoms with van der Waals surface area (Å²) in [7, 11) is 0. The van der Waals surface area contributed by atoms with Crippen LogP contribution in [0.1, 0.15) is 10.4 Å². The first-order chi connectivity index (χ1) is 13.6. The van der Waals surface area contributed by atoms with Crippen molar-refractivity contribution in [3.63, 3.8) is 0 Å². The van der Waals surface area contributed by atoms with Gasteiger partial charge < -0.3 is 0 Å². The summed E-state index contributed by atoms with van der Waals surface area (Å²) in [6.45, 7) is 0.0557. The highest BCUT2D eigenvalue weighted by molar-refractivity contribution is 7.71. The van der Waals surface area contributed by atoms with Crippen LogP contribution in [-0.4, -0.2) is 20.1 Å². The molecule has 0 fully saturated rings. The lowest BCUT2D eigenvalue weighted by molar-refractivity contribution is 0.0967. The lowest BCUT2D eigenvalue weighted by atomic mass is 10.1. The molecule has 0 N–H and O–H groups in total. The van der Waals surface area contributed by atoms with Gasteiger partial charge in [-0.25, -0.2) is 4.68 Å². The Morgan fingerprint density at radius 1 is 0.893 bits per heavy atom. The quantitative estimate of drug-likeness (QED) is 0.320. The Balaban J connectivity index is 1.85. The van der Waals surface area contributed by atoms with Gasteiger partial charge >= 0.3 is 0 Å². The number of rotatable bonds is 5. The van der Waals surface area contributed by atoms with Crippen molar-refractivity contribution >= 4 is 29.6 Å². The highest BCUT2D eigenvalue weighted by atomic mass is 35.5. The number of benzene rings is 3. The van der Waals surface area contributed by atoms with Gasteiger partial charge in [0.05, 0.1) is 5.02 Å². The van der Waals surface area contributed by atoms with Crippen LogP contribution in [0.4, 0.5) is 0 Å². The van der Waals surface area contributed by atoms with E-state index in [0.29, 0.717) is 21.2 Å². The molecular weight excluding hydrogens is 390 g/mol. The van der Waals surface area contributed by atoms with E-state index in [1.807, 2.05) is 77.4 Å². The second-order valence-corrected chi connectivity index (χ2v) is 6.98. The van der Waals surface area contributed by atoms with Crippen molar-refractivity contribution in [2.24, 2.45) is 0 Å². The van der Waals surface area contributed by atoms with Crippen LogP contribution in [0.5, 0.6) is 0 Å². The summed E-state index contributed by atoms with van der Waals surface area (Å²) >= 11 is 12.1. The van der Waals surface area contributed by atoms with Gasteiger partial charge in [0.1, 0.15) is 6.54 Å². The van der Waals surface area contributed by atoms with Gasteiger partial charge in [0, 0.05) is 16.8 Å². The molecule has 0 saturated carbocycles. The normalized spacial score (nSPS) is 10.8. The molecule has 4 aromatic rings. The van der Waals surface area contributed by atoms with E-state index in [9.17, 15) is 4.79 Å². The van der Waals surface area contributed by atoms with Crippen molar-refractivity contribution in [2.75, 3.05) is 0 Å². The summed E-state index contributed by atoms with van der Waals surface area (Å²) in [5, 5.41) is 5.22. The summed E-state index contributed by atoms with van der Waals surface area (Å²) in [5.74, 6) is 0.544. The number of aromatic nitrogens is 3. The second kappa shape index (κ2) is 7.92. The first kappa shape index (κ1) is 18.3. The smallest absolute Gasteiger partial charge is 0.203 e. The van der Waals surface area contributed by atoms with E-state index >= 15 is 0 Å². The number of halogens is 1. The molecule has 0 aliphatic heterocycles. The zero-order valence-corrected chi connectivity index (χ0v) is 16.4. The molecule has 4 rings (SSSR count). The molecule has 1 aromatic heterocycles. The minimum atomic E-state index is -0.0554. The fourth-order valence-electron chi connectivity index (χ4n) is 2.99. The minimum Gasteiger partial charge on any atom is -0.292 e. The summed E-state index contributed by atoms with van der Waals surface area (Å²) < 4.78 is 3.83. The Morgan fingerprint density at radius 2 is 1.50 bits per heavy atom. The fraction of sp³-hybridized carbons (Fsp3) is 0.0455. The highest BCUT2D eigenvalue weighted by Crippen LogP contribution is 2.29. The average molecular weight is 406 g/mol. The van der Waals surface area contributed by atoms with E-state index in [2.05, 4.69) is 5.10 Å². The molecular formula is C22H16ClN3OS. The van der Waals surface area contributed by atoms with Crippen LogP contribution in [0.3, 0.4) is 0 Å². The summed E-state index contributed by atoms with van der Waals surface area (Å²) in [5.41, 5.74) is 2.24. The number of nitrogens with zero attached hydrogens (tertiary/aromatic N) is 3. The standard InChI is InChI=1S/C22H16ClN3OS/c23-19-14-8-7-13-18(19)21-24-25(15-20(27)16-9-3-1-4-10-16)22(28)26(21)17-11-5-2-6-12-17/h1-14H,15H2. The monoisotopic (exact) mass is 405 g/mol. The van der Waals surface area contributed by atoms with E-state index < -0.39 is 0 Å². The molecule has 0 aliphatic carbocycles. The van der Waals surface area contributed by atoms with E-state index in [4.69, 9.17) is 23.8 Å². The molecule has 0 atom stereocenters. The van der Waals surface area contributed by atoms with Crippen LogP contribution >= 0.6 is 23.8 Å². The fourth-order valence-corrected chi connectivity index (χ4v) is 3.51. The van der Waals surface area contributed by atoms with Crippen LogP contribution in [0.15, 0.2) is 84.9 Å². The Morgan fingerprint density at radius 3 is 2.18 bits per heavy atom. The molecule has 0 amide bonds. The van der Waals surface area contributed by atoms with E-state index in [0.717, 1.165) is 11.3 Å². The van der Waals surface area contributed by atoms with Gasteiger partial charge in [-0.05, 0) is 36.5 Å². The maximum absolute atomic E-state index is 12.7. The number of carbonyl (C=O) groups is 1. The van der Waals surface area contributed by atoms with Crippen molar-refractivity contribution in [2.45, 2.75) is 6.54 Å².